The highest BCUT2D eigenvalue weighted by Gasteiger charge is 2.41. The van der Waals surface area contributed by atoms with Crippen molar-refractivity contribution in [1.82, 2.24) is 9.80 Å². The summed E-state index contributed by atoms with van der Waals surface area (Å²) in [5.41, 5.74) is 3.77. The molecule has 0 unspecified atom stereocenters. The van der Waals surface area contributed by atoms with E-state index in [4.69, 9.17) is 11.6 Å². The Morgan fingerprint density at radius 1 is 1.11 bits per heavy atom. The second-order valence-corrected chi connectivity index (χ2v) is 9.06. The van der Waals surface area contributed by atoms with Crippen LogP contribution in [0.15, 0.2) is 42.5 Å². The first-order valence-electron chi connectivity index (χ1n) is 10.0. The summed E-state index contributed by atoms with van der Waals surface area (Å²) >= 11 is 6.36. The lowest BCUT2D eigenvalue weighted by molar-refractivity contribution is -0.00898. The van der Waals surface area contributed by atoms with Crippen molar-refractivity contribution in [3.05, 3.63) is 70.0 Å². The van der Waals surface area contributed by atoms with Crippen molar-refractivity contribution in [3.63, 3.8) is 0 Å². The van der Waals surface area contributed by atoms with Gasteiger partial charge in [0.2, 0.25) is 0 Å². The molecule has 0 saturated carbocycles. The number of piperazine rings is 1. The van der Waals surface area contributed by atoms with E-state index in [2.05, 4.69) is 35.8 Å². The van der Waals surface area contributed by atoms with Crippen LogP contribution in [0.5, 0.6) is 0 Å². The van der Waals surface area contributed by atoms with Crippen molar-refractivity contribution in [1.29, 1.82) is 0 Å². The number of aliphatic hydroxyl groups is 1. The van der Waals surface area contributed by atoms with Gasteiger partial charge in [-0.05, 0) is 61.2 Å². The number of hydrogen-bond donors (Lipinski definition) is 1. The van der Waals surface area contributed by atoms with Crippen molar-refractivity contribution >= 4 is 11.6 Å². The van der Waals surface area contributed by atoms with Crippen LogP contribution in [-0.4, -0.2) is 53.2 Å². The van der Waals surface area contributed by atoms with Crippen LogP contribution in [0.25, 0.3) is 0 Å². The van der Waals surface area contributed by atoms with E-state index in [1.807, 2.05) is 18.2 Å². The average molecular weight is 403 g/mol. The highest BCUT2D eigenvalue weighted by Crippen LogP contribution is 2.48. The fourth-order valence-electron chi connectivity index (χ4n) is 5.01. The number of benzene rings is 2. The molecule has 5 heteroatoms. The Labute approximate surface area is 171 Å². The van der Waals surface area contributed by atoms with Gasteiger partial charge in [-0.3, -0.25) is 9.80 Å². The maximum atomic E-state index is 13.4. The van der Waals surface area contributed by atoms with Crippen LogP contribution in [0.3, 0.4) is 0 Å². The third kappa shape index (κ3) is 3.71. The average Bonchev–Trinajstić information content (AvgIpc) is 3.02. The van der Waals surface area contributed by atoms with Gasteiger partial charge in [-0.1, -0.05) is 29.8 Å². The molecule has 1 N–H and O–H groups in total. The molecule has 2 aromatic carbocycles. The minimum absolute atomic E-state index is 0.00762. The van der Waals surface area contributed by atoms with Gasteiger partial charge in [-0.25, -0.2) is 4.39 Å². The molecule has 2 aromatic rings. The Morgan fingerprint density at radius 3 is 2.54 bits per heavy atom. The zero-order valence-corrected chi connectivity index (χ0v) is 17.3. The Balaban J connectivity index is 1.64. The van der Waals surface area contributed by atoms with Gasteiger partial charge >= 0.3 is 0 Å². The van der Waals surface area contributed by atoms with Crippen LogP contribution in [0, 0.1) is 5.82 Å². The summed E-state index contributed by atoms with van der Waals surface area (Å²) < 4.78 is 13.4. The normalized spacial score (nSPS) is 25.0. The van der Waals surface area contributed by atoms with Gasteiger partial charge in [0.1, 0.15) is 5.82 Å². The minimum atomic E-state index is -0.198. The molecule has 28 heavy (non-hydrogen) atoms. The van der Waals surface area contributed by atoms with Crippen LogP contribution in [0.1, 0.15) is 48.9 Å². The van der Waals surface area contributed by atoms with Crippen LogP contribution in [-0.2, 0) is 0 Å². The number of rotatable bonds is 4. The minimum Gasteiger partial charge on any atom is -0.395 e. The van der Waals surface area contributed by atoms with E-state index in [1.165, 1.54) is 11.1 Å². The second-order valence-electron chi connectivity index (χ2n) is 8.62. The van der Waals surface area contributed by atoms with Gasteiger partial charge in [-0.2, -0.15) is 0 Å². The molecule has 4 rings (SSSR count). The lowest BCUT2D eigenvalue weighted by atomic mass is 9.93. The van der Waals surface area contributed by atoms with Crippen molar-refractivity contribution in [2.45, 2.75) is 37.8 Å². The molecule has 0 radical (unpaired) electrons. The first-order valence-corrected chi connectivity index (χ1v) is 10.4. The SMILES string of the molecule is CC1(C)CN([C@@H]2C[C@@H](c3ccc(F)cc3)c3ccc(Cl)cc32)CCN1CCO. The highest BCUT2D eigenvalue weighted by molar-refractivity contribution is 6.30. The number of aliphatic hydroxyl groups excluding tert-OH is 1. The van der Waals surface area contributed by atoms with E-state index in [1.54, 1.807) is 12.1 Å². The zero-order valence-electron chi connectivity index (χ0n) is 16.5. The van der Waals surface area contributed by atoms with E-state index in [0.717, 1.165) is 36.6 Å². The number of nitrogens with zero attached hydrogens (tertiary/aromatic N) is 2. The van der Waals surface area contributed by atoms with Crippen LogP contribution in [0.2, 0.25) is 5.02 Å². The summed E-state index contributed by atoms with van der Waals surface area (Å²) in [5, 5.41) is 10.1. The number of halogens is 2. The van der Waals surface area contributed by atoms with Crippen molar-refractivity contribution < 1.29 is 9.50 Å². The molecule has 1 heterocycles. The fourth-order valence-corrected chi connectivity index (χ4v) is 5.19. The van der Waals surface area contributed by atoms with Crippen LogP contribution < -0.4 is 0 Å². The summed E-state index contributed by atoms with van der Waals surface area (Å²) in [6.07, 6.45) is 0.984. The molecular formula is C23H28ClFN2O. The molecule has 0 spiro atoms. The zero-order chi connectivity index (χ0) is 19.9. The number of β-amino-alcohol motifs (C(OH)–C–C–N with tert-alkyl or cyclic N) is 1. The summed E-state index contributed by atoms with van der Waals surface area (Å²) in [6, 6.07) is 13.4. The summed E-state index contributed by atoms with van der Waals surface area (Å²) in [5.74, 6) is 0.0628. The Bertz CT molecular complexity index is 839. The molecule has 0 amide bonds. The molecule has 1 aliphatic heterocycles. The fraction of sp³-hybridized carbons (Fsp3) is 0.478. The summed E-state index contributed by atoms with van der Waals surface area (Å²) in [7, 11) is 0. The van der Waals surface area contributed by atoms with Gasteiger partial charge < -0.3 is 5.11 Å². The molecular weight excluding hydrogens is 375 g/mol. The predicted octanol–water partition coefficient (Wildman–Crippen LogP) is 4.44. The Hall–Kier alpha value is -1.46. The monoisotopic (exact) mass is 402 g/mol. The maximum absolute atomic E-state index is 13.4. The quantitative estimate of drug-likeness (QED) is 0.818. The van der Waals surface area contributed by atoms with E-state index in [0.29, 0.717) is 12.6 Å². The molecule has 0 bridgehead atoms. The molecule has 1 fully saturated rings. The lowest BCUT2D eigenvalue weighted by Gasteiger charge is -2.49. The number of fused-ring (bicyclic) bond motifs is 1. The van der Waals surface area contributed by atoms with Gasteiger partial charge in [0.25, 0.3) is 0 Å². The summed E-state index contributed by atoms with van der Waals surface area (Å²) in [6.45, 7) is 8.27. The van der Waals surface area contributed by atoms with Crippen molar-refractivity contribution in [3.8, 4) is 0 Å². The van der Waals surface area contributed by atoms with Gasteiger partial charge in [0, 0.05) is 48.7 Å². The summed E-state index contributed by atoms with van der Waals surface area (Å²) in [4.78, 5) is 4.93. The van der Waals surface area contributed by atoms with E-state index in [9.17, 15) is 9.50 Å². The van der Waals surface area contributed by atoms with E-state index >= 15 is 0 Å². The van der Waals surface area contributed by atoms with Crippen molar-refractivity contribution in [2.75, 3.05) is 32.8 Å². The molecule has 2 aliphatic rings. The molecule has 2 atom stereocenters. The lowest BCUT2D eigenvalue weighted by Crippen LogP contribution is -2.60. The largest absolute Gasteiger partial charge is 0.395 e. The molecule has 0 aromatic heterocycles. The Morgan fingerprint density at radius 2 is 1.86 bits per heavy atom. The predicted molar refractivity (Wildman–Crippen MR) is 111 cm³/mol. The van der Waals surface area contributed by atoms with E-state index < -0.39 is 0 Å². The standard InChI is InChI=1S/C23H28ClFN2O/c1-23(2)15-26(9-10-27(23)11-12-28)22-14-20(16-3-6-18(25)7-4-16)19-8-5-17(24)13-21(19)22/h3-8,13,20,22,28H,9-12,14-15H2,1-2H3/t20-,22+/m0/s1. The van der Waals surface area contributed by atoms with Crippen molar-refractivity contribution in [2.24, 2.45) is 0 Å². The maximum Gasteiger partial charge on any atom is 0.123 e. The molecule has 1 aliphatic carbocycles. The third-order valence-electron chi connectivity index (χ3n) is 6.43. The first kappa shape index (κ1) is 19.8. The highest BCUT2D eigenvalue weighted by atomic mass is 35.5. The number of hydrogen-bond acceptors (Lipinski definition) is 3. The van der Waals surface area contributed by atoms with Crippen LogP contribution >= 0.6 is 11.6 Å². The second kappa shape index (κ2) is 7.75. The van der Waals surface area contributed by atoms with Gasteiger partial charge in [0.05, 0.1) is 6.61 Å². The smallest absolute Gasteiger partial charge is 0.123 e. The third-order valence-corrected chi connectivity index (χ3v) is 6.66. The van der Waals surface area contributed by atoms with Gasteiger partial charge in [-0.15, -0.1) is 0 Å². The molecule has 150 valence electrons. The first-order chi connectivity index (χ1) is 13.4. The molecule has 1 saturated heterocycles. The van der Waals surface area contributed by atoms with E-state index in [-0.39, 0.29) is 23.9 Å². The van der Waals surface area contributed by atoms with Gasteiger partial charge in [0.15, 0.2) is 0 Å². The topological polar surface area (TPSA) is 26.7 Å². The molecule has 3 nitrogen and oxygen atoms in total. The Kier molecular flexibility index (Phi) is 5.49. The van der Waals surface area contributed by atoms with Crippen LogP contribution in [0.4, 0.5) is 4.39 Å².